The maximum Gasteiger partial charge on any atom is 0.329 e. The number of nitrogens with one attached hydrogen (secondary N) is 2. The van der Waals surface area contributed by atoms with Crippen molar-refractivity contribution in [2.75, 3.05) is 19.0 Å². The summed E-state index contributed by atoms with van der Waals surface area (Å²) in [5.74, 6) is 0.477. The second-order valence-corrected chi connectivity index (χ2v) is 7.16. The fraction of sp³-hybridized carbons (Fsp3) is 0.400. The average molecular weight is 434 g/mol. The highest BCUT2D eigenvalue weighted by molar-refractivity contribution is 6.32. The van der Waals surface area contributed by atoms with Gasteiger partial charge in [0.15, 0.2) is 17.2 Å². The molecule has 2 aromatic heterocycles. The lowest BCUT2D eigenvalue weighted by Crippen LogP contribution is -2.13. The highest BCUT2D eigenvalue weighted by Gasteiger charge is 2.19. The van der Waals surface area contributed by atoms with Gasteiger partial charge in [0, 0.05) is 6.54 Å². The average Bonchev–Trinajstić information content (AvgIpc) is 3.13. The van der Waals surface area contributed by atoms with Gasteiger partial charge in [-0.2, -0.15) is 5.10 Å². The smallest absolute Gasteiger partial charge is 0.329 e. The molecular weight excluding hydrogens is 410 g/mol. The Labute approximate surface area is 178 Å². The predicted molar refractivity (Wildman–Crippen MR) is 113 cm³/mol. The Morgan fingerprint density at radius 1 is 1.33 bits per heavy atom. The molecule has 9 nitrogen and oxygen atoms in total. The molecule has 3 aromatic rings. The van der Waals surface area contributed by atoms with E-state index in [1.54, 1.807) is 20.1 Å². The SMILES string of the molecule is CCCc1[nH]nc2c(NCc3ccc(OC)c(Cl)c3)nc([C@@H](C)OCC(=O)O)nc12. The first kappa shape index (κ1) is 21.8. The second-order valence-electron chi connectivity index (χ2n) is 6.75. The van der Waals surface area contributed by atoms with Crippen molar-refractivity contribution in [3.63, 3.8) is 0 Å². The Bertz CT molecular complexity index is 1040. The van der Waals surface area contributed by atoms with Gasteiger partial charge in [0.05, 0.1) is 17.8 Å². The van der Waals surface area contributed by atoms with Crippen LogP contribution in [0.15, 0.2) is 18.2 Å². The number of fused-ring (bicyclic) bond motifs is 1. The van der Waals surface area contributed by atoms with E-state index in [1.807, 2.05) is 12.1 Å². The molecule has 0 aliphatic carbocycles. The van der Waals surface area contributed by atoms with Crippen molar-refractivity contribution in [2.45, 2.75) is 39.3 Å². The van der Waals surface area contributed by atoms with Crippen molar-refractivity contribution in [1.29, 1.82) is 0 Å². The van der Waals surface area contributed by atoms with Gasteiger partial charge in [-0.25, -0.2) is 14.8 Å². The third-order valence-electron chi connectivity index (χ3n) is 4.49. The summed E-state index contributed by atoms with van der Waals surface area (Å²) in [5.41, 5.74) is 3.15. The number of hydrogen-bond acceptors (Lipinski definition) is 7. The van der Waals surface area contributed by atoms with Crippen LogP contribution in [0.25, 0.3) is 11.0 Å². The summed E-state index contributed by atoms with van der Waals surface area (Å²) in [4.78, 5) is 20.0. The van der Waals surface area contributed by atoms with Crippen molar-refractivity contribution in [3.05, 3.63) is 40.3 Å². The number of anilines is 1. The van der Waals surface area contributed by atoms with E-state index in [4.69, 9.17) is 26.2 Å². The van der Waals surface area contributed by atoms with Crippen LogP contribution < -0.4 is 10.1 Å². The van der Waals surface area contributed by atoms with Gasteiger partial charge in [-0.15, -0.1) is 0 Å². The van der Waals surface area contributed by atoms with Crippen molar-refractivity contribution < 1.29 is 19.4 Å². The normalized spacial score (nSPS) is 12.1. The maximum absolute atomic E-state index is 10.8. The maximum atomic E-state index is 10.8. The van der Waals surface area contributed by atoms with Gasteiger partial charge in [0.25, 0.3) is 0 Å². The van der Waals surface area contributed by atoms with Crippen LogP contribution in [-0.2, 0) is 22.5 Å². The molecule has 0 unspecified atom stereocenters. The number of carboxylic acids is 1. The summed E-state index contributed by atoms with van der Waals surface area (Å²) in [6.07, 6.45) is 1.12. The number of benzene rings is 1. The summed E-state index contributed by atoms with van der Waals surface area (Å²) in [7, 11) is 1.57. The molecule has 0 fully saturated rings. The number of carboxylic acid groups (broad SMARTS) is 1. The van der Waals surface area contributed by atoms with Crippen molar-refractivity contribution in [1.82, 2.24) is 20.2 Å². The molecule has 3 N–H and O–H groups in total. The number of aromatic nitrogens is 4. The minimum absolute atomic E-state index is 0.387. The van der Waals surface area contributed by atoms with Crippen molar-refractivity contribution in [3.8, 4) is 5.75 Å². The van der Waals surface area contributed by atoms with Gasteiger partial charge in [-0.05, 0) is 31.0 Å². The lowest BCUT2D eigenvalue weighted by molar-refractivity contribution is -0.144. The number of H-pyrrole nitrogens is 1. The van der Waals surface area contributed by atoms with Gasteiger partial charge in [-0.1, -0.05) is 31.0 Å². The topological polar surface area (TPSA) is 122 Å². The Hall–Kier alpha value is -2.91. The van der Waals surface area contributed by atoms with Gasteiger partial charge in [0.1, 0.15) is 24.0 Å². The van der Waals surface area contributed by atoms with E-state index in [2.05, 4.69) is 32.4 Å². The molecule has 0 bridgehead atoms. The fourth-order valence-electron chi connectivity index (χ4n) is 2.97. The standard InChI is InChI=1S/C20H24ClN5O4/c1-4-5-14-17-18(26-25-14)20(24-19(23-17)11(2)30-10-16(27)28)22-9-12-6-7-15(29-3)13(21)8-12/h6-8,11H,4-5,9-10H2,1-3H3,(H,25,26)(H,27,28)(H,22,23,24)/t11-/m1/s1. The van der Waals surface area contributed by atoms with E-state index in [0.29, 0.717) is 40.0 Å². The van der Waals surface area contributed by atoms with Gasteiger partial charge < -0.3 is 19.9 Å². The lowest BCUT2D eigenvalue weighted by atomic mass is 10.2. The molecule has 0 saturated carbocycles. The van der Waals surface area contributed by atoms with Crippen LogP contribution in [-0.4, -0.2) is 45.0 Å². The van der Waals surface area contributed by atoms with Crippen LogP contribution in [0.1, 0.15) is 43.5 Å². The monoisotopic (exact) mass is 433 g/mol. The van der Waals surface area contributed by atoms with Crippen LogP contribution in [0.4, 0.5) is 5.82 Å². The molecule has 0 radical (unpaired) electrons. The summed E-state index contributed by atoms with van der Waals surface area (Å²) >= 11 is 6.21. The molecule has 1 aromatic carbocycles. The third kappa shape index (κ3) is 4.98. The second kappa shape index (κ2) is 9.73. The van der Waals surface area contributed by atoms with Crippen LogP contribution in [0.5, 0.6) is 5.75 Å². The molecule has 0 aliphatic rings. The van der Waals surface area contributed by atoms with Crippen LogP contribution in [0, 0.1) is 0 Å². The van der Waals surface area contributed by atoms with Crippen molar-refractivity contribution in [2.24, 2.45) is 0 Å². The minimum atomic E-state index is -1.05. The number of aryl methyl sites for hydroxylation is 1. The number of halogens is 1. The Balaban J connectivity index is 1.91. The zero-order valence-corrected chi connectivity index (χ0v) is 17.8. The molecule has 0 saturated heterocycles. The predicted octanol–water partition coefficient (Wildman–Crippen LogP) is 3.74. The largest absolute Gasteiger partial charge is 0.495 e. The number of aliphatic carboxylic acids is 1. The molecule has 160 valence electrons. The lowest BCUT2D eigenvalue weighted by Gasteiger charge is -2.13. The molecule has 10 heteroatoms. The number of rotatable bonds is 10. The van der Waals surface area contributed by atoms with Crippen LogP contribution in [0.3, 0.4) is 0 Å². The van der Waals surface area contributed by atoms with E-state index in [0.717, 1.165) is 24.1 Å². The third-order valence-corrected chi connectivity index (χ3v) is 4.78. The van der Waals surface area contributed by atoms with E-state index < -0.39 is 18.7 Å². The highest BCUT2D eigenvalue weighted by atomic mass is 35.5. The molecule has 30 heavy (non-hydrogen) atoms. The molecule has 0 spiro atoms. The van der Waals surface area contributed by atoms with Gasteiger partial charge in [-0.3, -0.25) is 5.10 Å². The molecule has 3 rings (SSSR count). The first-order valence-electron chi connectivity index (χ1n) is 9.57. The summed E-state index contributed by atoms with van der Waals surface area (Å²) < 4.78 is 10.5. The first-order chi connectivity index (χ1) is 14.4. The number of nitrogens with zero attached hydrogens (tertiary/aromatic N) is 3. The fourth-order valence-corrected chi connectivity index (χ4v) is 3.25. The van der Waals surface area contributed by atoms with Crippen LogP contribution in [0.2, 0.25) is 5.02 Å². The molecule has 2 heterocycles. The number of methoxy groups -OCH3 is 1. The number of carbonyl (C=O) groups is 1. The quantitative estimate of drug-likeness (QED) is 0.442. The van der Waals surface area contributed by atoms with E-state index in [1.165, 1.54) is 0 Å². The minimum Gasteiger partial charge on any atom is -0.495 e. The number of aromatic amines is 1. The summed E-state index contributed by atoms with van der Waals surface area (Å²) in [6, 6.07) is 5.52. The first-order valence-corrected chi connectivity index (χ1v) is 9.95. The molecule has 1 atom stereocenters. The van der Waals surface area contributed by atoms with Gasteiger partial charge in [0.2, 0.25) is 0 Å². The summed E-state index contributed by atoms with van der Waals surface area (Å²) in [6.45, 7) is 3.81. The molecule has 0 amide bonds. The van der Waals surface area contributed by atoms with E-state index >= 15 is 0 Å². The number of hydrogen-bond donors (Lipinski definition) is 3. The molecule has 0 aliphatic heterocycles. The zero-order chi connectivity index (χ0) is 21.7. The summed E-state index contributed by atoms with van der Waals surface area (Å²) in [5, 5.41) is 20.1. The Morgan fingerprint density at radius 3 is 2.80 bits per heavy atom. The highest BCUT2D eigenvalue weighted by Crippen LogP contribution is 2.27. The van der Waals surface area contributed by atoms with Crippen LogP contribution >= 0.6 is 11.6 Å². The van der Waals surface area contributed by atoms with E-state index in [-0.39, 0.29) is 0 Å². The van der Waals surface area contributed by atoms with Crippen molar-refractivity contribution >= 4 is 34.4 Å². The number of ether oxygens (including phenoxy) is 2. The van der Waals surface area contributed by atoms with E-state index in [9.17, 15) is 4.79 Å². The Morgan fingerprint density at radius 2 is 2.13 bits per heavy atom. The Kier molecular flexibility index (Phi) is 7.07. The zero-order valence-electron chi connectivity index (χ0n) is 17.0. The molecular formula is C20H24ClN5O4. The van der Waals surface area contributed by atoms with Gasteiger partial charge >= 0.3 is 5.97 Å².